The molecule has 2 saturated heterocycles. The van der Waals surface area contributed by atoms with Crippen molar-refractivity contribution >= 4 is 35.5 Å². The topological polar surface area (TPSA) is 82.9 Å². The number of aryl methyl sites for hydroxylation is 1. The molecule has 2 aromatic rings. The Kier molecular flexibility index (Phi) is 4.73. The number of hydrogen-bond donors (Lipinski definition) is 1. The van der Waals surface area contributed by atoms with Crippen LogP contribution < -0.4 is 15.1 Å². The lowest BCUT2D eigenvalue weighted by atomic mass is 10.1. The summed E-state index contributed by atoms with van der Waals surface area (Å²) in [5.74, 6) is -0.269. The first kappa shape index (κ1) is 18.0. The summed E-state index contributed by atoms with van der Waals surface area (Å²) in [4.78, 5) is 40.7. The lowest BCUT2D eigenvalue weighted by Crippen LogP contribution is -2.54. The molecule has 28 heavy (non-hydrogen) atoms. The van der Waals surface area contributed by atoms with Crippen LogP contribution in [0.3, 0.4) is 0 Å². The van der Waals surface area contributed by atoms with Gasteiger partial charge in [0.05, 0.1) is 5.69 Å². The first-order valence-electron chi connectivity index (χ1n) is 9.36. The predicted molar refractivity (Wildman–Crippen MR) is 105 cm³/mol. The third kappa shape index (κ3) is 3.31. The van der Waals surface area contributed by atoms with Gasteiger partial charge in [-0.1, -0.05) is 18.2 Å². The summed E-state index contributed by atoms with van der Waals surface area (Å²) >= 11 is 0. The van der Waals surface area contributed by atoms with Gasteiger partial charge in [0.1, 0.15) is 11.3 Å². The van der Waals surface area contributed by atoms with Gasteiger partial charge in [0.25, 0.3) is 11.8 Å². The van der Waals surface area contributed by atoms with Gasteiger partial charge in [-0.3, -0.25) is 14.9 Å². The number of nitrogens with one attached hydrogen (secondary N) is 1. The molecule has 144 valence electrons. The van der Waals surface area contributed by atoms with Gasteiger partial charge >= 0.3 is 6.03 Å². The molecule has 2 aliphatic heterocycles. The van der Waals surface area contributed by atoms with Gasteiger partial charge < -0.3 is 9.32 Å². The zero-order valence-corrected chi connectivity index (χ0v) is 15.6. The molecule has 0 spiro atoms. The molecule has 7 nitrogen and oxygen atoms in total. The fourth-order valence-corrected chi connectivity index (χ4v) is 3.54. The van der Waals surface area contributed by atoms with E-state index in [9.17, 15) is 14.4 Å². The number of amides is 4. The maximum absolute atomic E-state index is 12.9. The van der Waals surface area contributed by atoms with E-state index in [2.05, 4.69) is 10.2 Å². The SMILES string of the molecule is Cc1ccccc1N1C(=O)NC(=O)/C(=C\c2ccc(N3CCCCC3)o2)C1=O. The summed E-state index contributed by atoms with van der Waals surface area (Å²) in [5, 5.41) is 2.23. The van der Waals surface area contributed by atoms with E-state index in [1.807, 2.05) is 12.1 Å². The van der Waals surface area contributed by atoms with Gasteiger partial charge in [0, 0.05) is 19.2 Å². The lowest BCUT2D eigenvalue weighted by molar-refractivity contribution is -0.122. The normalized spacial score (nSPS) is 19.3. The average molecular weight is 379 g/mol. The van der Waals surface area contributed by atoms with Gasteiger partial charge in [0.2, 0.25) is 0 Å². The molecular weight excluding hydrogens is 358 g/mol. The van der Waals surface area contributed by atoms with Crippen molar-refractivity contribution in [3.63, 3.8) is 0 Å². The van der Waals surface area contributed by atoms with Crippen LogP contribution in [0.4, 0.5) is 16.4 Å². The molecule has 7 heteroatoms. The van der Waals surface area contributed by atoms with E-state index in [0.717, 1.165) is 42.3 Å². The minimum atomic E-state index is -0.755. The molecular formula is C21H21N3O4. The van der Waals surface area contributed by atoms with Gasteiger partial charge in [0.15, 0.2) is 5.88 Å². The van der Waals surface area contributed by atoms with Gasteiger partial charge in [-0.2, -0.15) is 0 Å². The Bertz CT molecular complexity index is 970. The van der Waals surface area contributed by atoms with Crippen LogP contribution in [0.25, 0.3) is 6.08 Å². The number of furan rings is 1. The van der Waals surface area contributed by atoms with Gasteiger partial charge in [-0.05, 0) is 50.0 Å². The first-order valence-corrected chi connectivity index (χ1v) is 9.36. The quantitative estimate of drug-likeness (QED) is 0.654. The average Bonchev–Trinajstić information content (AvgIpc) is 3.16. The number of carbonyl (C=O) groups excluding carboxylic acids is 3. The number of piperidine rings is 1. The predicted octanol–water partition coefficient (Wildman–Crippen LogP) is 3.24. The second-order valence-electron chi connectivity index (χ2n) is 6.97. The summed E-state index contributed by atoms with van der Waals surface area (Å²) in [6, 6.07) is 9.83. The van der Waals surface area contributed by atoms with E-state index in [-0.39, 0.29) is 5.57 Å². The van der Waals surface area contributed by atoms with Crippen LogP contribution >= 0.6 is 0 Å². The van der Waals surface area contributed by atoms with E-state index in [1.54, 1.807) is 31.2 Å². The number of barbiturate groups is 1. The molecule has 4 amide bonds. The van der Waals surface area contributed by atoms with Crippen molar-refractivity contribution in [2.45, 2.75) is 26.2 Å². The van der Waals surface area contributed by atoms with Crippen LogP contribution in [-0.2, 0) is 9.59 Å². The standard InChI is InChI=1S/C21H21N3O4/c1-14-7-3-4-8-17(14)24-20(26)16(19(25)22-21(24)27)13-15-9-10-18(28-15)23-11-5-2-6-12-23/h3-4,7-10,13H,2,5-6,11-12H2,1H3,(H,22,25,27)/b16-13+. The number of urea groups is 1. The zero-order chi connectivity index (χ0) is 19.7. The number of benzene rings is 1. The smallest absolute Gasteiger partial charge is 0.335 e. The highest BCUT2D eigenvalue weighted by atomic mass is 16.4. The Labute approximate surface area is 162 Å². The number of para-hydroxylation sites is 1. The van der Waals surface area contributed by atoms with E-state index in [0.29, 0.717) is 11.4 Å². The minimum Gasteiger partial charge on any atom is -0.441 e. The largest absolute Gasteiger partial charge is 0.441 e. The molecule has 0 bridgehead atoms. The van der Waals surface area contributed by atoms with Crippen molar-refractivity contribution in [2.75, 3.05) is 22.9 Å². The number of rotatable bonds is 3. The summed E-state index contributed by atoms with van der Waals surface area (Å²) in [6.07, 6.45) is 4.84. The Morgan fingerprint density at radius 3 is 2.50 bits per heavy atom. The molecule has 4 rings (SSSR count). The Morgan fingerprint density at radius 2 is 1.75 bits per heavy atom. The van der Waals surface area contributed by atoms with Crippen molar-refractivity contribution in [1.82, 2.24) is 5.32 Å². The van der Waals surface area contributed by atoms with E-state index >= 15 is 0 Å². The number of hydrogen-bond acceptors (Lipinski definition) is 5. The first-order chi connectivity index (χ1) is 13.5. The Morgan fingerprint density at radius 1 is 1.00 bits per heavy atom. The maximum atomic E-state index is 12.9. The molecule has 0 radical (unpaired) electrons. The third-order valence-corrected chi connectivity index (χ3v) is 5.02. The van der Waals surface area contributed by atoms with Gasteiger partial charge in [-0.15, -0.1) is 0 Å². The molecule has 2 fully saturated rings. The monoisotopic (exact) mass is 379 g/mol. The second kappa shape index (κ2) is 7.34. The van der Waals surface area contributed by atoms with Crippen molar-refractivity contribution in [2.24, 2.45) is 0 Å². The van der Waals surface area contributed by atoms with E-state index in [4.69, 9.17) is 4.42 Å². The number of carbonyl (C=O) groups is 3. The molecule has 0 atom stereocenters. The second-order valence-corrected chi connectivity index (χ2v) is 6.97. The fraction of sp³-hybridized carbons (Fsp3) is 0.286. The number of anilines is 2. The number of imide groups is 2. The molecule has 0 unspecified atom stereocenters. The van der Waals surface area contributed by atoms with Crippen LogP contribution in [0.1, 0.15) is 30.6 Å². The molecule has 1 aromatic carbocycles. The number of nitrogens with zero attached hydrogens (tertiary/aromatic N) is 2. The molecule has 1 aromatic heterocycles. The van der Waals surface area contributed by atoms with Gasteiger partial charge in [-0.25, -0.2) is 9.69 Å². The summed E-state index contributed by atoms with van der Waals surface area (Å²) < 4.78 is 5.83. The minimum absolute atomic E-state index is 0.137. The highest BCUT2D eigenvalue weighted by Gasteiger charge is 2.37. The fourth-order valence-electron chi connectivity index (χ4n) is 3.54. The zero-order valence-electron chi connectivity index (χ0n) is 15.6. The highest BCUT2D eigenvalue weighted by Crippen LogP contribution is 2.27. The molecule has 1 N–H and O–H groups in total. The van der Waals surface area contributed by atoms with Crippen LogP contribution in [-0.4, -0.2) is 30.9 Å². The van der Waals surface area contributed by atoms with Crippen molar-refractivity contribution < 1.29 is 18.8 Å². The van der Waals surface area contributed by atoms with Crippen molar-refractivity contribution in [3.05, 3.63) is 53.3 Å². The van der Waals surface area contributed by atoms with E-state index in [1.165, 1.54) is 12.5 Å². The lowest BCUT2D eigenvalue weighted by Gasteiger charge is -2.27. The summed E-state index contributed by atoms with van der Waals surface area (Å²) in [5.41, 5.74) is 1.06. The Balaban J connectivity index is 1.64. The maximum Gasteiger partial charge on any atom is 0.335 e. The van der Waals surface area contributed by atoms with Crippen LogP contribution in [0.5, 0.6) is 0 Å². The summed E-state index contributed by atoms with van der Waals surface area (Å²) in [6.45, 7) is 3.66. The van der Waals surface area contributed by atoms with Crippen molar-refractivity contribution in [3.8, 4) is 0 Å². The van der Waals surface area contributed by atoms with Crippen LogP contribution in [0.2, 0.25) is 0 Å². The highest BCUT2D eigenvalue weighted by molar-refractivity contribution is 6.39. The van der Waals surface area contributed by atoms with Crippen LogP contribution in [0.15, 0.2) is 46.4 Å². The van der Waals surface area contributed by atoms with Crippen molar-refractivity contribution in [1.29, 1.82) is 0 Å². The van der Waals surface area contributed by atoms with Crippen LogP contribution in [0, 0.1) is 6.92 Å². The molecule has 0 aliphatic carbocycles. The molecule has 2 aliphatic rings. The summed E-state index contributed by atoms with van der Waals surface area (Å²) in [7, 11) is 0. The molecule has 3 heterocycles. The third-order valence-electron chi connectivity index (χ3n) is 5.02. The molecule has 0 saturated carbocycles. The Hall–Kier alpha value is -3.35. The van der Waals surface area contributed by atoms with E-state index < -0.39 is 17.8 Å².